The van der Waals surface area contributed by atoms with Crippen molar-refractivity contribution < 1.29 is 4.79 Å². The summed E-state index contributed by atoms with van der Waals surface area (Å²) in [6.07, 6.45) is 1.65. The number of carbonyl (C=O) groups is 1. The summed E-state index contributed by atoms with van der Waals surface area (Å²) in [5.74, 6) is 0.411. The van der Waals surface area contributed by atoms with Gasteiger partial charge < -0.3 is 0 Å². The summed E-state index contributed by atoms with van der Waals surface area (Å²) in [6, 6.07) is 0. The van der Waals surface area contributed by atoms with Gasteiger partial charge in [0, 0.05) is 12.6 Å². The second-order valence-electron chi connectivity index (χ2n) is 2.72. The van der Waals surface area contributed by atoms with Crippen LogP contribution in [0.15, 0.2) is 11.6 Å². The fourth-order valence-corrected chi connectivity index (χ4v) is 0.860. The molecular formula is C7H12N2O. The van der Waals surface area contributed by atoms with Crippen LogP contribution in [-0.2, 0) is 4.79 Å². The number of rotatable bonds is 1. The van der Waals surface area contributed by atoms with Crippen LogP contribution in [0.25, 0.3) is 0 Å². The van der Waals surface area contributed by atoms with Gasteiger partial charge in [-0.05, 0) is 11.5 Å². The SMILES string of the molecule is CC(C)C1=CC(=O)NNC1. The highest BCUT2D eigenvalue weighted by molar-refractivity contribution is 5.88. The van der Waals surface area contributed by atoms with E-state index in [1.165, 1.54) is 0 Å². The monoisotopic (exact) mass is 140 g/mol. The fraction of sp³-hybridized carbons (Fsp3) is 0.571. The van der Waals surface area contributed by atoms with Crippen LogP contribution in [0.5, 0.6) is 0 Å². The highest BCUT2D eigenvalue weighted by Crippen LogP contribution is 2.08. The van der Waals surface area contributed by atoms with E-state index in [2.05, 4.69) is 24.7 Å². The Labute approximate surface area is 60.5 Å². The predicted molar refractivity (Wildman–Crippen MR) is 39.1 cm³/mol. The van der Waals surface area contributed by atoms with Gasteiger partial charge in [-0.2, -0.15) is 0 Å². The van der Waals surface area contributed by atoms with Crippen molar-refractivity contribution in [2.45, 2.75) is 13.8 Å². The van der Waals surface area contributed by atoms with E-state index in [4.69, 9.17) is 0 Å². The van der Waals surface area contributed by atoms with E-state index in [9.17, 15) is 4.79 Å². The average Bonchev–Trinajstić information content (AvgIpc) is 1.88. The molecule has 0 bridgehead atoms. The molecule has 1 rings (SSSR count). The molecule has 1 heterocycles. The van der Waals surface area contributed by atoms with Gasteiger partial charge in [0.2, 0.25) is 0 Å². The number of carbonyl (C=O) groups excluding carboxylic acids is 1. The van der Waals surface area contributed by atoms with Gasteiger partial charge in [0.15, 0.2) is 0 Å². The largest absolute Gasteiger partial charge is 0.288 e. The standard InChI is InChI=1S/C7H12N2O/c1-5(2)6-3-7(10)9-8-4-6/h3,5,8H,4H2,1-2H3,(H,9,10). The second kappa shape index (κ2) is 2.84. The molecule has 3 heteroatoms. The zero-order chi connectivity index (χ0) is 7.56. The molecule has 0 aromatic heterocycles. The molecule has 2 N–H and O–H groups in total. The summed E-state index contributed by atoms with van der Waals surface area (Å²) < 4.78 is 0. The number of amides is 1. The first-order valence-electron chi connectivity index (χ1n) is 3.43. The molecule has 3 nitrogen and oxygen atoms in total. The Balaban J connectivity index is 2.66. The Morgan fingerprint density at radius 3 is 2.70 bits per heavy atom. The summed E-state index contributed by atoms with van der Waals surface area (Å²) in [5, 5.41) is 0. The molecule has 0 unspecified atom stereocenters. The zero-order valence-corrected chi connectivity index (χ0v) is 6.27. The number of hydrogen-bond acceptors (Lipinski definition) is 2. The molecule has 0 fully saturated rings. The number of nitrogens with one attached hydrogen (secondary N) is 2. The molecule has 0 aromatic carbocycles. The number of hydrazine groups is 1. The van der Waals surface area contributed by atoms with Crippen molar-refractivity contribution in [3.8, 4) is 0 Å². The van der Waals surface area contributed by atoms with Crippen molar-refractivity contribution in [1.29, 1.82) is 0 Å². The quantitative estimate of drug-likeness (QED) is 0.546. The van der Waals surface area contributed by atoms with E-state index in [-0.39, 0.29) is 5.91 Å². The van der Waals surface area contributed by atoms with Gasteiger partial charge in [-0.1, -0.05) is 13.8 Å². The van der Waals surface area contributed by atoms with Crippen LogP contribution in [-0.4, -0.2) is 12.5 Å². The summed E-state index contributed by atoms with van der Waals surface area (Å²) in [6.45, 7) is 4.92. The Hall–Kier alpha value is -0.830. The molecule has 0 spiro atoms. The summed E-state index contributed by atoms with van der Waals surface area (Å²) in [7, 11) is 0. The second-order valence-corrected chi connectivity index (χ2v) is 2.72. The van der Waals surface area contributed by atoms with Gasteiger partial charge in [0.1, 0.15) is 0 Å². The van der Waals surface area contributed by atoms with Gasteiger partial charge >= 0.3 is 0 Å². The van der Waals surface area contributed by atoms with Crippen LogP contribution in [0.3, 0.4) is 0 Å². The molecule has 0 aromatic rings. The van der Waals surface area contributed by atoms with E-state index in [1.807, 2.05) is 0 Å². The zero-order valence-electron chi connectivity index (χ0n) is 6.27. The Bertz CT molecular complexity index is 172. The summed E-state index contributed by atoms with van der Waals surface area (Å²) >= 11 is 0. The lowest BCUT2D eigenvalue weighted by atomic mass is 10.0. The molecule has 1 aliphatic rings. The van der Waals surface area contributed by atoms with Crippen molar-refractivity contribution in [3.05, 3.63) is 11.6 Å². The molecule has 0 atom stereocenters. The van der Waals surface area contributed by atoms with Crippen molar-refractivity contribution in [2.75, 3.05) is 6.54 Å². The third-order valence-electron chi connectivity index (χ3n) is 1.56. The molecular weight excluding hydrogens is 128 g/mol. The minimum absolute atomic E-state index is 0.0463. The van der Waals surface area contributed by atoms with E-state index in [1.54, 1.807) is 6.08 Å². The van der Waals surface area contributed by atoms with Crippen LogP contribution in [0.4, 0.5) is 0 Å². The van der Waals surface area contributed by atoms with Crippen molar-refractivity contribution in [1.82, 2.24) is 10.9 Å². The van der Waals surface area contributed by atoms with E-state index in [0.717, 1.165) is 12.1 Å². The minimum atomic E-state index is -0.0463. The summed E-state index contributed by atoms with van der Waals surface area (Å²) in [5.41, 5.74) is 6.46. The van der Waals surface area contributed by atoms with Gasteiger partial charge in [-0.3, -0.25) is 10.2 Å². The van der Waals surface area contributed by atoms with Crippen LogP contribution < -0.4 is 10.9 Å². The maximum atomic E-state index is 10.7. The lowest BCUT2D eigenvalue weighted by molar-refractivity contribution is -0.117. The average molecular weight is 140 g/mol. The first kappa shape index (κ1) is 7.28. The van der Waals surface area contributed by atoms with E-state index < -0.39 is 0 Å². The lowest BCUT2D eigenvalue weighted by Gasteiger charge is -2.17. The lowest BCUT2D eigenvalue weighted by Crippen LogP contribution is -2.42. The summed E-state index contributed by atoms with van der Waals surface area (Å²) in [4.78, 5) is 10.7. The normalized spacial score (nSPS) is 18.7. The van der Waals surface area contributed by atoms with Crippen LogP contribution in [0.1, 0.15) is 13.8 Å². The minimum Gasteiger partial charge on any atom is -0.288 e. The molecule has 0 saturated carbocycles. The molecule has 0 saturated heterocycles. The van der Waals surface area contributed by atoms with Crippen molar-refractivity contribution in [2.24, 2.45) is 5.92 Å². The van der Waals surface area contributed by atoms with E-state index >= 15 is 0 Å². The first-order chi connectivity index (χ1) is 4.70. The van der Waals surface area contributed by atoms with Crippen LogP contribution in [0, 0.1) is 5.92 Å². The topological polar surface area (TPSA) is 41.1 Å². The highest BCUT2D eigenvalue weighted by atomic mass is 16.2. The fourth-order valence-electron chi connectivity index (χ4n) is 0.860. The maximum Gasteiger partial charge on any atom is 0.258 e. The van der Waals surface area contributed by atoms with E-state index in [0.29, 0.717) is 5.92 Å². The van der Waals surface area contributed by atoms with Gasteiger partial charge in [-0.15, -0.1) is 0 Å². The van der Waals surface area contributed by atoms with Gasteiger partial charge in [0.25, 0.3) is 5.91 Å². The molecule has 1 aliphatic heterocycles. The number of hydrogen-bond donors (Lipinski definition) is 2. The molecule has 1 amide bonds. The maximum absolute atomic E-state index is 10.7. The molecule has 10 heavy (non-hydrogen) atoms. The van der Waals surface area contributed by atoms with Crippen LogP contribution >= 0.6 is 0 Å². The van der Waals surface area contributed by atoms with Gasteiger partial charge in [-0.25, -0.2) is 5.43 Å². The van der Waals surface area contributed by atoms with Crippen LogP contribution in [0.2, 0.25) is 0 Å². The first-order valence-corrected chi connectivity index (χ1v) is 3.43. The Morgan fingerprint density at radius 2 is 2.30 bits per heavy atom. The van der Waals surface area contributed by atoms with Crippen molar-refractivity contribution in [3.63, 3.8) is 0 Å². The third kappa shape index (κ3) is 1.57. The Kier molecular flexibility index (Phi) is 2.06. The predicted octanol–water partition coefficient (Wildman–Crippen LogP) is 0.203. The smallest absolute Gasteiger partial charge is 0.258 e. The highest BCUT2D eigenvalue weighted by Gasteiger charge is 2.10. The van der Waals surface area contributed by atoms with Crippen molar-refractivity contribution >= 4 is 5.91 Å². The Morgan fingerprint density at radius 1 is 1.60 bits per heavy atom. The third-order valence-corrected chi connectivity index (χ3v) is 1.56. The molecule has 56 valence electrons. The van der Waals surface area contributed by atoms with Gasteiger partial charge in [0.05, 0.1) is 0 Å². The molecule has 0 radical (unpaired) electrons. The molecule has 0 aliphatic carbocycles.